The van der Waals surface area contributed by atoms with Crippen LogP contribution in [0.5, 0.6) is 5.75 Å². The first-order valence-corrected chi connectivity index (χ1v) is 7.49. The third kappa shape index (κ3) is 2.64. The first-order valence-electron chi connectivity index (χ1n) is 6.67. The number of hydrogen-bond acceptors (Lipinski definition) is 3. The van der Waals surface area contributed by atoms with E-state index in [1.807, 2.05) is 31.2 Å². The first-order chi connectivity index (χ1) is 10.1. The molecule has 0 amide bonds. The maximum atomic E-state index is 13.3. The van der Waals surface area contributed by atoms with E-state index in [4.69, 9.17) is 10.5 Å². The molecule has 1 unspecified atom stereocenters. The van der Waals surface area contributed by atoms with Crippen molar-refractivity contribution in [2.45, 2.75) is 13.0 Å². The van der Waals surface area contributed by atoms with Crippen molar-refractivity contribution in [3.63, 3.8) is 0 Å². The number of benzene rings is 2. The molecule has 3 aromatic rings. The predicted octanol–water partition coefficient (Wildman–Crippen LogP) is 4.41. The van der Waals surface area contributed by atoms with E-state index in [9.17, 15) is 4.39 Å². The Morgan fingerprint density at radius 1 is 1.14 bits per heavy atom. The molecule has 0 aliphatic carbocycles. The molecule has 4 heteroatoms. The van der Waals surface area contributed by atoms with Crippen LogP contribution in [0, 0.1) is 12.7 Å². The van der Waals surface area contributed by atoms with Crippen LogP contribution in [-0.4, -0.2) is 7.11 Å². The minimum atomic E-state index is -0.277. The van der Waals surface area contributed by atoms with Crippen LogP contribution >= 0.6 is 11.3 Å². The third-order valence-corrected chi connectivity index (χ3v) is 4.72. The van der Waals surface area contributed by atoms with E-state index in [0.717, 1.165) is 31.8 Å². The lowest BCUT2D eigenvalue weighted by atomic mass is 10.0. The highest BCUT2D eigenvalue weighted by atomic mass is 32.1. The Kier molecular flexibility index (Phi) is 3.66. The van der Waals surface area contributed by atoms with Crippen molar-refractivity contribution >= 4 is 21.4 Å². The average Bonchev–Trinajstić information content (AvgIpc) is 2.89. The van der Waals surface area contributed by atoms with Crippen LogP contribution < -0.4 is 10.5 Å². The number of methoxy groups -OCH3 is 1. The summed E-state index contributed by atoms with van der Waals surface area (Å²) in [7, 11) is 1.64. The molecule has 1 aromatic heterocycles. The lowest BCUT2D eigenvalue weighted by Gasteiger charge is -2.15. The number of halogens is 1. The van der Waals surface area contributed by atoms with Crippen LogP contribution in [0.25, 0.3) is 10.1 Å². The van der Waals surface area contributed by atoms with Gasteiger partial charge in [0, 0.05) is 15.1 Å². The van der Waals surface area contributed by atoms with Gasteiger partial charge in [0.25, 0.3) is 0 Å². The lowest BCUT2D eigenvalue weighted by Crippen LogP contribution is -2.11. The molecule has 108 valence electrons. The summed E-state index contributed by atoms with van der Waals surface area (Å²) in [5, 5.41) is 0.886. The van der Waals surface area contributed by atoms with E-state index in [0.29, 0.717) is 0 Å². The van der Waals surface area contributed by atoms with Gasteiger partial charge in [0.2, 0.25) is 0 Å². The normalized spacial score (nSPS) is 12.6. The third-order valence-electron chi connectivity index (χ3n) is 3.52. The van der Waals surface area contributed by atoms with Gasteiger partial charge < -0.3 is 10.5 Å². The van der Waals surface area contributed by atoms with Gasteiger partial charge in [0.15, 0.2) is 0 Å². The monoisotopic (exact) mass is 301 g/mol. The summed E-state index contributed by atoms with van der Waals surface area (Å²) in [6, 6.07) is 12.4. The molecule has 0 saturated heterocycles. The maximum Gasteiger partial charge on any atom is 0.124 e. The number of nitrogens with two attached hydrogens (primary N) is 1. The van der Waals surface area contributed by atoms with Gasteiger partial charge in [0.1, 0.15) is 11.6 Å². The van der Waals surface area contributed by atoms with Gasteiger partial charge in [-0.1, -0.05) is 17.7 Å². The Balaban J connectivity index is 2.07. The molecule has 0 radical (unpaired) electrons. The van der Waals surface area contributed by atoms with Crippen LogP contribution in [0.2, 0.25) is 0 Å². The molecule has 21 heavy (non-hydrogen) atoms. The first kappa shape index (κ1) is 14.0. The van der Waals surface area contributed by atoms with E-state index in [-0.39, 0.29) is 11.9 Å². The molecule has 2 nitrogen and oxygen atoms in total. The highest BCUT2D eigenvalue weighted by Gasteiger charge is 2.17. The molecule has 0 fully saturated rings. The van der Waals surface area contributed by atoms with Crippen LogP contribution in [0.3, 0.4) is 0 Å². The SMILES string of the molecule is COc1ccc(C)cc1C(N)c1cc2cc(F)ccc2s1. The van der Waals surface area contributed by atoms with Gasteiger partial charge in [-0.15, -0.1) is 11.3 Å². The summed E-state index contributed by atoms with van der Waals surface area (Å²) >= 11 is 1.59. The molecule has 0 bridgehead atoms. The van der Waals surface area contributed by atoms with Gasteiger partial charge >= 0.3 is 0 Å². The van der Waals surface area contributed by atoms with E-state index in [1.165, 1.54) is 12.1 Å². The molecule has 3 rings (SSSR count). The second-order valence-corrected chi connectivity index (χ2v) is 6.17. The van der Waals surface area contributed by atoms with Crippen LogP contribution in [0.1, 0.15) is 22.0 Å². The average molecular weight is 301 g/mol. The van der Waals surface area contributed by atoms with E-state index in [2.05, 4.69) is 0 Å². The Hall–Kier alpha value is -1.91. The molecule has 0 spiro atoms. The number of hydrogen-bond donors (Lipinski definition) is 1. The van der Waals surface area contributed by atoms with Gasteiger partial charge in [0.05, 0.1) is 13.2 Å². The Labute approximate surface area is 127 Å². The quantitative estimate of drug-likeness (QED) is 0.778. The van der Waals surface area contributed by atoms with Crippen LogP contribution in [0.4, 0.5) is 4.39 Å². The van der Waals surface area contributed by atoms with Crippen molar-refractivity contribution in [3.8, 4) is 5.75 Å². The van der Waals surface area contributed by atoms with Gasteiger partial charge in [-0.2, -0.15) is 0 Å². The Morgan fingerprint density at radius 2 is 1.95 bits per heavy atom. The fourth-order valence-electron chi connectivity index (χ4n) is 2.44. The van der Waals surface area contributed by atoms with E-state index >= 15 is 0 Å². The standard InChI is InChI=1S/C17H16FNOS/c1-10-3-5-14(20-2)13(7-10)17(19)16-9-11-8-12(18)4-6-15(11)21-16/h3-9,17H,19H2,1-2H3. The number of rotatable bonds is 3. The highest BCUT2D eigenvalue weighted by Crippen LogP contribution is 2.35. The molecule has 2 N–H and O–H groups in total. The van der Waals surface area contributed by atoms with Crippen molar-refractivity contribution in [1.29, 1.82) is 0 Å². The number of aryl methyl sites for hydroxylation is 1. The van der Waals surface area contributed by atoms with Crippen molar-refractivity contribution < 1.29 is 9.13 Å². The molecule has 0 aliphatic heterocycles. The Morgan fingerprint density at radius 3 is 2.71 bits per heavy atom. The Bertz CT molecular complexity index is 797. The minimum Gasteiger partial charge on any atom is -0.496 e. The summed E-state index contributed by atoms with van der Waals surface area (Å²) in [6.45, 7) is 2.02. The molecular weight excluding hydrogens is 285 g/mol. The summed E-state index contributed by atoms with van der Waals surface area (Å²) < 4.78 is 19.7. The van der Waals surface area contributed by atoms with E-state index < -0.39 is 0 Å². The lowest BCUT2D eigenvalue weighted by molar-refractivity contribution is 0.408. The maximum absolute atomic E-state index is 13.3. The van der Waals surface area contributed by atoms with Crippen molar-refractivity contribution in [3.05, 3.63) is 64.3 Å². The molecule has 1 heterocycles. The number of fused-ring (bicyclic) bond motifs is 1. The fourth-order valence-corrected chi connectivity index (χ4v) is 3.50. The minimum absolute atomic E-state index is 0.228. The predicted molar refractivity (Wildman–Crippen MR) is 85.5 cm³/mol. The fraction of sp³-hybridized carbons (Fsp3) is 0.176. The molecule has 2 aromatic carbocycles. The summed E-state index contributed by atoms with van der Waals surface area (Å²) in [5.74, 6) is 0.547. The van der Waals surface area contributed by atoms with E-state index in [1.54, 1.807) is 24.5 Å². The topological polar surface area (TPSA) is 35.2 Å². The van der Waals surface area contributed by atoms with Crippen LogP contribution in [-0.2, 0) is 0 Å². The zero-order valence-corrected chi connectivity index (χ0v) is 12.7. The van der Waals surface area contributed by atoms with Crippen LogP contribution in [0.15, 0.2) is 42.5 Å². The molecular formula is C17H16FNOS. The van der Waals surface area contributed by atoms with Crippen molar-refractivity contribution in [2.24, 2.45) is 5.73 Å². The second-order valence-electron chi connectivity index (χ2n) is 5.05. The highest BCUT2D eigenvalue weighted by molar-refractivity contribution is 7.19. The molecule has 0 aliphatic rings. The molecule has 0 saturated carbocycles. The van der Waals surface area contributed by atoms with Gasteiger partial charge in [-0.3, -0.25) is 0 Å². The number of ether oxygens (including phenoxy) is 1. The van der Waals surface area contributed by atoms with Gasteiger partial charge in [-0.25, -0.2) is 4.39 Å². The van der Waals surface area contributed by atoms with Gasteiger partial charge in [-0.05, 0) is 42.6 Å². The molecule has 1 atom stereocenters. The summed E-state index contributed by atoms with van der Waals surface area (Å²) in [4.78, 5) is 1.000. The smallest absolute Gasteiger partial charge is 0.124 e. The summed E-state index contributed by atoms with van der Waals surface area (Å²) in [5.41, 5.74) is 8.48. The number of thiophene rings is 1. The van der Waals surface area contributed by atoms with Crippen molar-refractivity contribution in [1.82, 2.24) is 0 Å². The van der Waals surface area contributed by atoms with Crippen molar-refractivity contribution in [2.75, 3.05) is 7.11 Å². The summed E-state index contributed by atoms with van der Waals surface area (Å²) in [6.07, 6.45) is 0. The largest absolute Gasteiger partial charge is 0.496 e. The zero-order chi connectivity index (χ0) is 15.0. The second kappa shape index (κ2) is 5.47. The zero-order valence-electron chi connectivity index (χ0n) is 11.9.